The minimum absolute atomic E-state index is 0.0330. The molecule has 0 spiro atoms. The van der Waals surface area contributed by atoms with Gasteiger partial charge in [-0.2, -0.15) is 5.10 Å². The molecule has 0 radical (unpaired) electrons. The van der Waals surface area contributed by atoms with Gasteiger partial charge in [0.25, 0.3) is 0 Å². The van der Waals surface area contributed by atoms with E-state index in [-0.39, 0.29) is 12.1 Å². The van der Waals surface area contributed by atoms with E-state index in [0.29, 0.717) is 5.15 Å². The highest BCUT2D eigenvalue weighted by Gasteiger charge is 2.33. The van der Waals surface area contributed by atoms with Gasteiger partial charge in [0, 0.05) is 30.9 Å². The summed E-state index contributed by atoms with van der Waals surface area (Å²) in [5, 5.41) is 8.07. The van der Waals surface area contributed by atoms with Crippen LogP contribution >= 0.6 is 11.6 Å². The number of aryl methyl sites for hydroxylation is 1. The molecule has 0 saturated carbocycles. The zero-order valence-corrected chi connectivity index (χ0v) is 11.5. The Labute approximate surface area is 121 Å². The molecule has 0 amide bonds. The second-order valence-electron chi connectivity index (χ2n) is 5.01. The first-order chi connectivity index (χ1) is 9.70. The topological polar surface area (TPSA) is 55.1 Å². The smallest absolute Gasteiger partial charge is 0.129 e. The first-order valence-corrected chi connectivity index (χ1v) is 6.74. The summed E-state index contributed by atoms with van der Waals surface area (Å²) in [6.45, 7) is 0. The average Bonchev–Trinajstić information content (AvgIpc) is 3.02. The van der Waals surface area contributed by atoms with Gasteiger partial charge >= 0.3 is 0 Å². The molecule has 4 rings (SSSR count). The van der Waals surface area contributed by atoms with Crippen LogP contribution < -0.4 is 5.32 Å². The molecule has 1 N–H and O–H groups in total. The van der Waals surface area contributed by atoms with Gasteiger partial charge < -0.3 is 5.32 Å². The van der Waals surface area contributed by atoms with Crippen LogP contribution in [0.3, 0.4) is 0 Å². The van der Waals surface area contributed by atoms with Crippen molar-refractivity contribution in [1.82, 2.24) is 14.8 Å². The second kappa shape index (κ2) is 4.18. The normalized spacial score (nSPS) is 23.0. The molecule has 2 atom stereocenters. The molecular weight excluding hydrogens is 274 g/mol. The van der Waals surface area contributed by atoms with E-state index in [1.807, 2.05) is 31.7 Å². The van der Waals surface area contributed by atoms with Gasteiger partial charge in [0.2, 0.25) is 0 Å². The molecule has 100 valence electrons. The van der Waals surface area contributed by atoms with Crippen molar-refractivity contribution >= 4 is 29.1 Å². The van der Waals surface area contributed by atoms with E-state index >= 15 is 0 Å². The lowest BCUT2D eigenvalue weighted by atomic mass is 9.94. The molecular formula is C14H12ClN5. The number of hydrogen-bond acceptors (Lipinski definition) is 4. The molecule has 2 unspecified atom stereocenters. The summed E-state index contributed by atoms with van der Waals surface area (Å²) in [5.74, 6) is 0.186. The van der Waals surface area contributed by atoms with Gasteiger partial charge in [-0.1, -0.05) is 17.7 Å². The van der Waals surface area contributed by atoms with Crippen molar-refractivity contribution in [3.05, 3.63) is 47.0 Å². The van der Waals surface area contributed by atoms with Crippen LogP contribution in [0.15, 0.2) is 35.7 Å². The van der Waals surface area contributed by atoms with E-state index in [1.54, 1.807) is 10.9 Å². The molecule has 5 nitrogen and oxygen atoms in total. The van der Waals surface area contributed by atoms with Crippen LogP contribution in [0.4, 0.5) is 5.69 Å². The fourth-order valence-corrected chi connectivity index (χ4v) is 2.88. The molecule has 2 aliphatic rings. The quantitative estimate of drug-likeness (QED) is 0.819. The standard InChI is InChI=1S/C14H12ClN5/c1-20-7-9(5-18-20)8-2-11-10-3-13(15)16-6-12(10)19-14(11)17-4-8/h2-7,11,14,19H,1H3. The molecule has 0 fully saturated rings. The number of rotatable bonds is 1. The average molecular weight is 286 g/mol. The van der Waals surface area contributed by atoms with Crippen molar-refractivity contribution in [3.8, 4) is 0 Å². The maximum atomic E-state index is 6.00. The van der Waals surface area contributed by atoms with Gasteiger partial charge in [0.15, 0.2) is 0 Å². The summed E-state index contributed by atoms with van der Waals surface area (Å²) in [6.07, 6.45) is 9.74. The maximum absolute atomic E-state index is 6.00. The van der Waals surface area contributed by atoms with E-state index < -0.39 is 0 Å². The fourth-order valence-electron chi connectivity index (χ4n) is 2.71. The zero-order valence-electron chi connectivity index (χ0n) is 10.8. The van der Waals surface area contributed by atoms with Gasteiger partial charge in [0.05, 0.1) is 18.1 Å². The third-order valence-corrected chi connectivity index (χ3v) is 3.88. The molecule has 2 aromatic heterocycles. The highest BCUT2D eigenvalue weighted by molar-refractivity contribution is 6.29. The summed E-state index contributed by atoms with van der Waals surface area (Å²) < 4.78 is 1.79. The number of aromatic nitrogens is 3. The largest absolute Gasteiger partial charge is 0.362 e. The number of anilines is 1. The Balaban J connectivity index is 1.77. The van der Waals surface area contributed by atoms with Crippen LogP contribution in [-0.4, -0.2) is 27.1 Å². The highest BCUT2D eigenvalue weighted by Crippen LogP contribution is 2.41. The predicted molar refractivity (Wildman–Crippen MR) is 79.1 cm³/mol. The number of aliphatic imine (C=N–C) groups is 1. The zero-order chi connectivity index (χ0) is 13.7. The van der Waals surface area contributed by atoms with Gasteiger partial charge in [-0.25, -0.2) is 4.98 Å². The third-order valence-electron chi connectivity index (χ3n) is 3.68. The number of halogens is 1. The van der Waals surface area contributed by atoms with Gasteiger partial charge in [-0.05, 0) is 17.2 Å². The second-order valence-corrected chi connectivity index (χ2v) is 5.40. The molecule has 2 aromatic rings. The van der Waals surface area contributed by atoms with Crippen LogP contribution in [0.25, 0.3) is 5.57 Å². The minimum atomic E-state index is 0.0330. The van der Waals surface area contributed by atoms with Crippen LogP contribution in [0, 0.1) is 0 Å². The Bertz CT molecular complexity index is 746. The van der Waals surface area contributed by atoms with Gasteiger partial charge in [-0.15, -0.1) is 0 Å². The Morgan fingerprint density at radius 1 is 1.35 bits per heavy atom. The van der Waals surface area contributed by atoms with Crippen molar-refractivity contribution in [2.75, 3.05) is 5.32 Å². The van der Waals surface area contributed by atoms with E-state index in [9.17, 15) is 0 Å². The molecule has 2 aliphatic heterocycles. The first-order valence-electron chi connectivity index (χ1n) is 6.37. The first kappa shape index (κ1) is 11.7. The summed E-state index contributed by atoms with van der Waals surface area (Å²) in [4.78, 5) is 8.70. The highest BCUT2D eigenvalue weighted by atomic mass is 35.5. The van der Waals surface area contributed by atoms with Crippen molar-refractivity contribution < 1.29 is 0 Å². The predicted octanol–water partition coefficient (Wildman–Crippen LogP) is 2.47. The molecule has 0 bridgehead atoms. The Kier molecular flexibility index (Phi) is 2.44. The third kappa shape index (κ3) is 1.74. The monoisotopic (exact) mass is 285 g/mol. The molecule has 0 aromatic carbocycles. The van der Waals surface area contributed by atoms with Crippen LogP contribution in [-0.2, 0) is 7.05 Å². The summed E-state index contributed by atoms with van der Waals surface area (Å²) >= 11 is 6.00. The number of hydrogen-bond donors (Lipinski definition) is 1. The Hall–Kier alpha value is -2.14. The molecule has 20 heavy (non-hydrogen) atoms. The van der Waals surface area contributed by atoms with Crippen LogP contribution in [0.1, 0.15) is 17.0 Å². The van der Waals surface area contributed by atoms with Crippen molar-refractivity contribution in [2.45, 2.75) is 12.1 Å². The van der Waals surface area contributed by atoms with Crippen molar-refractivity contribution in [3.63, 3.8) is 0 Å². The number of dihydropyridines is 1. The van der Waals surface area contributed by atoms with E-state index in [2.05, 4.69) is 26.5 Å². The number of pyridine rings is 1. The molecule has 6 heteroatoms. The fraction of sp³-hybridized carbons (Fsp3) is 0.214. The lowest BCUT2D eigenvalue weighted by molar-refractivity contribution is 0.717. The van der Waals surface area contributed by atoms with Gasteiger partial charge in [-0.3, -0.25) is 9.67 Å². The van der Waals surface area contributed by atoms with E-state index in [0.717, 1.165) is 22.4 Å². The SMILES string of the molecule is Cn1cc(C2=CC3c4cc(Cl)ncc4NC3N=C2)cn1. The number of nitrogens with one attached hydrogen (secondary N) is 1. The molecule has 4 heterocycles. The lowest BCUT2D eigenvalue weighted by Crippen LogP contribution is -2.20. The van der Waals surface area contributed by atoms with Gasteiger partial charge in [0.1, 0.15) is 11.3 Å². The summed E-state index contributed by atoms with van der Waals surface area (Å²) in [7, 11) is 1.91. The van der Waals surface area contributed by atoms with Crippen molar-refractivity contribution in [2.24, 2.45) is 12.0 Å². The number of nitrogens with zero attached hydrogens (tertiary/aromatic N) is 4. The minimum Gasteiger partial charge on any atom is -0.362 e. The summed E-state index contributed by atoms with van der Waals surface area (Å²) in [6, 6.07) is 1.91. The molecule has 0 aliphatic carbocycles. The number of fused-ring (bicyclic) bond motifs is 3. The van der Waals surface area contributed by atoms with E-state index in [1.165, 1.54) is 0 Å². The Morgan fingerprint density at radius 3 is 3.05 bits per heavy atom. The number of allylic oxidation sites excluding steroid dienone is 1. The van der Waals surface area contributed by atoms with Crippen LogP contribution in [0.2, 0.25) is 5.15 Å². The molecule has 0 saturated heterocycles. The summed E-state index contributed by atoms with van der Waals surface area (Å²) in [5.41, 5.74) is 4.31. The maximum Gasteiger partial charge on any atom is 0.129 e. The van der Waals surface area contributed by atoms with E-state index in [4.69, 9.17) is 11.6 Å². The van der Waals surface area contributed by atoms with Crippen molar-refractivity contribution in [1.29, 1.82) is 0 Å². The van der Waals surface area contributed by atoms with Crippen LogP contribution in [0.5, 0.6) is 0 Å². The lowest BCUT2D eigenvalue weighted by Gasteiger charge is -2.18. The Morgan fingerprint density at radius 2 is 2.25 bits per heavy atom.